The molecule has 0 spiro atoms. The van der Waals surface area contributed by atoms with Crippen molar-refractivity contribution in [1.82, 2.24) is 15.1 Å². The maximum absolute atomic E-state index is 5.31. The van der Waals surface area contributed by atoms with Gasteiger partial charge in [0.15, 0.2) is 5.82 Å². The number of nitrogens with zero attached hydrogens (tertiary/aromatic N) is 3. The lowest BCUT2D eigenvalue weighted by atomic mass is 10.2. The van der Waals surface area contributed by atoms with Crippen molar-refractivity contribution >= 4 is 11.3 Å². The molecule has 0 aliphatic carbocycles. The van der Waals surface area contributed by atoms with E-state index < -0.39 is 0 Å². The highest BCUT2D eigenvalue weighted by Gasteiger charge is 2.08. The third kappa shape index (κ3) is 3.76. The second-order valence-electron chi connectivity index (χ2n) is 5.10. The van der Waals surface area contributed by atoms with E-state index in [1.165, 1.54) is 9.75 Å². The lowest BCUT2D eigenvalue weighted by Crippen LogP contribution is -1.94. The SMILES string of the molecule is Cc1ccc(Cc2noc(CCc3ccc(C)s3)n2)cn1. The van der Waals surface area contributed by atoms with Crippen LogP contribution in [-0.4, -0.2) is 15.1 Å². The molecular weight excluding hydrogens is 282 g/mol. The monoisotopic (exact) mass is 299 g/mol. The van der Waals surface area contributed by atoms with Gasteiger partial charge in [0.2, 0.25) is 5.89 Å². The topological polar surface area (TPSA) is 51.8 Å². The predicted molar refractivity (Wildman–Crippen MR) is 82.5 cm³/mol. The zero-order valence-electron chi connectivity index (χ0n) is 12.2. The van der Waals surface area contributed by atoms with Crippen molar-refractivity contribution in [2.24, 2.45) is 0 Å². The Hall–Kier alpha value is -2.01. The van der Waals surface area contributed by atoms with Crippen LogP contribution >= 0.6 is 11.3 Å². The summed E-state index contributed by atoms with van der Waals surface area (Å²) < 4.78 is 5.31. The van der Waals surface area contributed by atoms with Gasteiger partial charge in [-0.2, -0.15) is 4.98 Å². The molecule has 0 aliphatic rings. The van der Waals surface area contributed by atoms with Gasteiger partial charge in [0.05, 0.1) is 0 Å². The van der Waals surface area contributed by atoms with Crippen LogP contribution in [0.1, 0.15) is 32.7 Å². The quantitative estimate of drug-likeness (QED) is 0.723. The van der Waals surface area contributed by atoms with Crippen molar-refractivity contribution in [3.63, 3.8) is 0 Å². The summed E-state index contributed by atoms with van der Waals surface area (Å²) >= 11 is 1.82. The molecule has 108 valence electrons. The van der Waals surface area contributed by atoms with Crippen molar-refractivity contribution in [1.29, 1.82) is 0 Å². The first-order valence-electron chi connectivity index (χ1n) is 6.97. The first-order chi connectivity index (χ1) is 10.2. The number of hydrogen-bond acceptors (Lipinski definition) is 5. The third-order valence-corrected chi connectivity index (χ3v) is 4.29. The summed E-state index contributed by atoms with van der Waals surface area (Å²) in [6.07, 6.45) is 4.26. The van der Waals surface area contributed by atoms with E-state index in [1.54, 1.807) is 0 Å². The average Bonchev–Trinajstić information content (AvgIpc) is 3.08. The zero-order chi connectivity index (χ0) is 14.7. The number of aryl methyl sites for hydroxylation is 4. The Kier molecular flexibility index (Phi) is 4.10. The maximum atomic E-state index is 5.31. The summed E-state index contributed by atoms with van der Waals surface area (Å²) in [5.41, 5.74) is 2.11. The fraction of sp³-hybridized carbons (Fsp3) is 0.312. The van der Waals surface area contributed by atoms with Crippen LogP contribution in [0.5, 0.6) is 0 Å². The van der Waals surface area contributed by atoms with Crippen LogP contribution < -0.4 is 0 Å². The molecule has 0 saturated carbocycles. The Labute approximate surface area is 127 Å². The molecular formula is C16H17N3OS. The van der Waals surface area contributed by atoms with Crippen LogP contribution in [0.15, 0.2) is 35.0 Å². The van der Waals surface area contributed by atoms with Gasteiger partial charge in [-0.05, 0) is 44.0 Å². The lowest BCUT2D eigenvalue weighted by molar-refractivity contribution is 0.374. The predicted octanol–water partition coefficient (Wildman–Crippen LogP) is 3.52. The Morgan fingerprint density at radius 1 is 1.10 bits per heavy atom. The minimum absolute atomic E-state index is 0.662. The molecule has 0 N–H and O–H groups in total. The lowest BCUT2D eigenvalue weighted by Gasteiger charge is -1.96. The molecule has 21 heavy (non-hydrogen) atoms. The van der Waals surface area contributed by atoms with Crippen LogP contribution in [0.3, 0.4) is 0 Å². The van der Waals surface area contributed by atoms with E-state index in [4.69, 9.17) is 4.52 Å². The van der Waals surface area contributed by atoms with E-state index >= 15 is 0 Å². The van der Waals surface area contributed by atoms with Crippen molar-refractivity contribution in [2.75, 3.05) is 0 Å². The molecule has 0 bridgehead atoms. The van der Waals surface area contributed by atoms with Gasteiger partial charge < -0.3 is 4.52 Å². The van der Waals surface area contributed by atoms with Crippen molar-refractivity contribution in [3.05, 3.63) is 63.2 Å². The first kappa shape index (κ1) is 13.9. The Balaban J connectivity index is 1.59. The average molecular weight is 299 g/mol. The molecule has 3 rings (SSSR count). The van der Waals surface area contributed by atoms with Crippen LogP contribution in [0, 0.1) is 13.8 Å². The van der Waals surface area contributed by atoms with Gasteiger partial charge in [-0.1, -0.05) is 11.2 Å². The Bertz CT molecular complexity index is 715. The van der Waals surface area contributed by atoms with Crippen molar-refractivity contribution < 1.29 is 4.52 Å². The molecule has 3 heterocycles. The number of aromatic nitrogens is 3. The molecule has 0 saturated heterocycles. The molecule has 4 nitrogen and oxygen atoms in total. The molecule has 5 heteroatoms. The van der Waals surface area contributed by atoms with Gasteiger partial charge in [-0.3, -0.25) is 4.98 Å². The highest BCUT2D eigenvalue weighted by atomic mass is 32.1. The molecule has 0 amide bonds. The van der Waals surface area contributed by atoms with Gasteiger partial charge in [0.25, 0.3) is 0 Å². The highest BCUT2D eigenvalue weighted by Crippen LogP contribution is 2.17. The molecule has 0 radical (unpaired) electrons. The van der Waals surface area contributed by atoms with E-state index in [1.807, 2.05) is 36.6 Å². The highest BCUT2D eigenvalue weighted by molar-refractivity contribution is 7.11. The van der Waals surface area contributed by atoms with Crippen molar-refractivity contribution in [2.45, 2.75) is 33.1 Å². The van der Waals surface area contributed by atoms with Crippen LogP contribution in [-0.2, 0) is 19.3 Å². The molecule has 3 aromatic rings. The molecule has 0 aliphatic heterocycles. The van der Waals surface area contributed by atoms with Crippen LogP contribution in [0.2, 0.25) is 0 Å². The van der Waals surface area contributed by atoms with E-state index in [0.29, 0.717) is 12.3 Å². The Morgan fingerprint density at radius 2 is 2.00 bits per heavy atom. The standard InChI is InChI=1S/C16H17N3OS/c1-11-3-5-13(10-17-11)9-15-18-16(20-19-15)8-7-14-6-4-12(2)21-14/h3-6,10H,7-9H2,1-2H3. The molecule has 3 aromatic heterocycles. The number of hydrogen-bond donors (Lipinski definition) is 0. The van der Waals surface area contributed by atoms with Crippen molar-refractivity contribution in [3.8, 4) is 0 Å². The smallest absolute Gasteiger partial charge is 0.227 e. The zero-order valence-corrected chi connectivity index (χ0v) is 13.0. The summed E-state index contributed by atoms with van der Waals surface area (Å²) in [4.78, 5) is 11.4. The number of pyridine rings is 1. The third-order valence-electron chi connectivity index (χ3n) is 3.23. The van der Waals surface area contributed by atoms with E-state index in [2.05, 4.69) is 34.2 Å². The molecule has 0 atom stereocenters. The van der Waals surface area contributed by atoms with Gasteiger partial charge in [0.1, 0.15) is 0 Å². The number of thiophene rings is 1. The van der Waals surface area contributed by atoms with Gasteiger partial charge in [-0.25, -0.2) is 0 Å². The molecule has 0 aromatic carbocycles. The molecule has 0 unspecified atom stereocenters. The van der Waals surface area contributed by atoms with E-state index in [9.17, 15) is 0 Å². The summed E-state index contributed by atoms with van der Waals surface area (Å²) in [6, 6.07) is 8.35. The normalized spacial score (nSPS) is 11.0. The van der Waals surface area contributed by atoms with Gasteiger partial charge in [0, 0.05) is 34.5 Å². The molecule has 0 fully saturated rings. The maximum Gasteiger partial charge on any atom is 0.227 e. The summed E-state index contributed by atoms with van der Waals surface area (Å²) in [5.74, 6) is 1.43. The largest absolute Gasteiger partial charge is 0.339 e. The summed E-state index contributed by atoms with van der Waals surface area (Å²) in [6.45, 7) is 4.09. The summed E-state index contributed by atoms with van der Waals surface area (Å²) in [5, 5.41) is 4.04. The summed E-state index contributed by atoms with van der Waals surface area (Å²) in [7, 11) is 0. The fourth-order valence-electron chi connectivity index (χ4n) is 2.10. The first-order valence-corrected chi connectivity index (χ1v) is 7.79. The van der Waals surface area contributed by atoms with E-state index in [0.717, 1.165) is 29.9 Å². The number of rotatable bonds is 5. The fourth-order valence-corrected chi connectivity index (χ4v) is 2.99. The minimum Gasteiger partial charge on any atom is -0.339 e. The second kappa shape index (κ2) is 6.18. The Morgan fingerprint density at radius 3 is 2.71 bits per heavy atom. The van der Waals surface area contributed by atoms with Crippen LogP contribution in [0.25, 0.3) is 0 Å². The van der Waals surface area contributed by atoms with E-state index in [-0.39, 0.29) is 0 Å². The minimum atomic E-state index is 0.662. The van der Waals surface area contributed by atoms with Gasteiger partial charge in [-0.15, -0.1) is 11.3 Å². The second-order valence-corrected chi connectivity index (χ2v) is 6.47. The van der Waals surface area contributed by atoms with Crippen LogP contribution in [0.4, 0.5) is 0 Å². The van der Waals surface area contributed by atoms with Gasteiger partial charge >= 0.3 is 0 Å².